The first-order chi connectivity index (χ1) is 15.6. The zero-order chi connectivity index (χ0) is 23.9. The highest BCUT2D eigenvalue weighted by Gasteiger charge is 2.35. The van der Waals surface area contributed by atoms with Gasteiger partial charge in [-0.15, -0.1) is 0 Å². The van der Waals surface area contributed by atoms with Crippen molar-refractivity contribution in [1.82, 2.24) is 0 Å². The number of carbonyl (C=O) groups is 1. The molecule has 4 heteroatoms. The SMILES string of the molecule is Cc1ccc2cc(C(C)C(=O)OCCC3(C)CCc4c(C)c(O)c(C)c(C)c4O3)ccc2c1. The molecule has 33 heavy (non-hydrogen) atoms. The van der Waals surface area contributed by atoms with E-state index in [1.807, 2.05) is 33.8 Å². The van der Waals surface area contributed by atoms with Crippen LogP contribution in [0.1, 0.15) is 66.0 Å². The highest BCUT2D eigenvalue weighted by atomic mass is 16.5. The predicted octanol–water partition coefficient (Wildman–Crippen LogP) is 6.60. The molecule has 174 valence electrons. The summed E-state index contributed by atoms with van der Waals surface area (Å²) in [6.45, 7) is 12.2. The summed E-state index contributed by atoms with van der Waals surface area (Å²) in [7, 11) is 0. The standard InChI is InChI=1S/C29H34O4/c1-17-7-8-24-16-22(9-10-23(24)15-17)20(4)28(31)32-14-13-29(6)12-11-25-21(5)26(30)18(2)19(3)27(25)33-29/h7-10,15-16,20,30H,11-14H2,1-6H3. The Morgan fingerprint density at radius 3 is 2.52 bits per heavy atom. The number of carbonyl (C=O) groups excluding carboxylic acids is 1. The minimum absolute atomic E-state index is 0.214. The van der Waals surface area contributed by atoms with Crippen LogP contribution in [-0.4, -0.2) is 23.3 Å². The molecule has 1 aliphatic rings. The molecule has 0 bridgehead atoms. The van der Waals surface area contributed by atoms with Gasteiger partial charge in [0.05, 0.1) is 12.5 Å². The average Bonchev–Trinajstić information content (AvgIpc) is 2.80. The van der Waals surface area contributed by atoms with E-state index in [4.69, 9.17) is 9.47 Å². The Hall–Kier alpha value is -3.01. The number of aryl methyl sites for hydroxylation is 1. The van der Waals surface area contributed by atoms with Crippen LogP contribution in [0.3, 0.4) is 0 Å². The van der Waals surface area contributed by atoms with Crippen LogP contribution in [0.25, 0.3) is 10.8 Å². The molecule has 4 nitrogen and oxygen atoms in total. The van der Waals surface area contributed by atoms with Crippen LogP contribution in [0.5, 0.6) is 11.5 Å². The second-order valence-corrected chi connectivity index (χ2v) is 9.83. The number of esters is 1. The second-order valence-electron chi connectivity index (χ2n) is 9.83. The maximum atomic E-state index is 12.8. The second kappa shape index (κ2) is 8.74. The Bertz CT molecular complexity index is 1230. The number of hydrogen-bond donors (Lipinski definition) is 1. The third-order valence-corrected chi connectivity index (χ3v) is 7.34. The van der Waals surface area contributed by atoms with Crippen LogP contribution in [0, 0.1) is 27.7 Å². The predicted molar refractivity (Wildman–Crippen MR) is 132 cm³/mol. The van der Waals surface area contributed by atoms with Crippen molar-refractivity contribution >= 4 is 16.7 Å². The molecule has 1 heterocycles. The van der Waals surface area contributed by atoms with Crippen molar-refractivity contribution in [3.05, 3.63) is 69.8 Å². The van der Waals surface area contributed by atoms with Crippen molar-refractivity contribution in [2.75, 3.05) is 6.61 Å². The summed E-state index contributed by atoms with van der Waals surface area (Å²) >= 11 is 0. The van der Waals surface area contributed by atoms with Gasteiger partial charge in [0.15, 0.2) is 0 Å². The molecule has 0 radical (unpaired) electrons. The van der Waals surface area contributed by atoms with E-state index in [0.717, 1.165) is 51.8 Å². The first-order valence-corrected chi connectivity index (χ1v) is 11.8. The van der Waals surface area contributed by atoms with Crippen LogP contribution in [0.15, 0.2) is 36.4 Å². The lowest BCUT2D eigenvalue weighted by Gasteiger charge is -2.38. The van der Waals surface area contributed by atoms with Gasteiger partial charge in [-0.05, 0) is 87.4 Å². The Morgan fingerprint density at radius 1 is 1.06 bits per heavy atom. The molecule has 2 atom stereocenters. The van der Waals surface area contributed by atoms with Crippen molar-refractivity contribution in [2.24, 2.45) is 0 Å². The maximum Gasteiger partial charge on any atom is 0.313 e. The summed E-state index contributed by atoms with van der Waals surface area (Å²) in [6, 6.07) is 12.5. The monoisotopic (exact) mass is 446 g/mol. The van der Waals surface area contributed by atoms with Crippen LogP contribution in [-0.2, 0) is 16.0 Å². The van der Waals surface area contributed by atoms with Crippen molar-refractivity contribution in [3.8, 4) is 11.5 Å². The highest BCUT2D eigenvalue weighted by molar-refractivity contribution is 5.86. The molecule has 1 N–H and O–H groups in total. The molecule has 0 saturated heterocycles. The molecule has 0 amide bonds. The fourth-order valence-electron chi connectivity index (χ4n) is 4.75. The van der Waals surface area contributed by atoms with E-state index in [9.17, 15) is 9.90 Å². The molecular weight excluding hydrogens is 412 g/mol. The minimum atomic E-state index is -0.405. The van der Waals surface area contributed by atoms with Crippen LogP contribution in [0.2, 0.25) is 0 Å². The number of hydrogen-bond acceptors (Lipinski definition) is 4. The van der Waals surface area contributed by atoms with Gasteiger partial charge in [-0.3, -0.25) is 4.79 Å². The summed E-state index contributed by atoms with van der Waals surface area (Å²) in [5, 5.41) is 12.7. The summed E-state index contributed by atoms with van der Waals surface area (Å²) in [5.74, 6) is 0.703. The van der Waals surface area contributed by atoms with E-state index in [-0.39, 0.29) is 11.9 Å². The molecular formula is C29H34O4. The molecule has 2 unspecified atom stereocenters. The average molecular weight is 447 g/mol. The highest BCUT2D eigenvalue weighted by Crippen LogP contribution is 2.44. The first kappa shape index (κ1) is 23.2. The van der Waals surface area contributed by atoms with Crippen molar-refractivity contribution in [2.45, 2.75) is 72.3 Å². The van der Waals surface area contributed by atoms with Crippen LogP contribution in [0.4, 0.5) is 0 Å². The molecule has 3 aromatic rings. The van der Waals surface area contributed by atoms with Crippen LogP contribution >= 0.6 is 0 Å². The fourth-order valence-corrected chi connectivity index (χ4v) is 4.75. The Kier molecular flexibility index (Phi) is 6.13. The largest absolute Gasteiger partial charge is 0.507 e. The summed E-state index contributed by atoms with van der Waals surface area (Å²) in [5.41, 5.74) is 5.62. The number of aromatic hydroxyl groups is 1. The lowest BCUT2D eigenvalue weighted by Crippen LogP contribution is -2.38. The molecule has 4 rings (SSSR count). The zero-order valence-electron chi connectivity index (χ0n) is 20.5. The van der Waals surface area contributed by atoms with Gasteiger partial charge >= 0.3 is 5.97 Å². The normalized spacial score (nSPS) is 18.5. The van der Waals surface area contributed by atoms with Crippen molar-refractivity contribution < 1.29 is 19.4 Å². The van der Waals surface area contributed by atoms with E-state index in [0.29, 0.717) is 18.8 Å². The maximum absolute atomic E-state index is 12.8. The Balaban J connectivity index is 1.40. The third kappa shape index (κ3) is 4.44. The zero-order valence-corrected chi connectivity index (χ0v) is 20.5. The third-order valence-electron chi connectivity index (χ3n) is 7.34. The van der Waals surface area contributed by atoms with Gasteiger partial charge in [0.25, 0.3) is 0 Å². The molecule has 0 aliphatic carbocycles. The molecule has 3 aromatic carbocycles. The number of rotatable bonds is 5. The van der Waals surface area contributed by atoms with E-state index in [1.54, 1.807) is 0 Å². The van der Waals surface area contributed by atoms with Crippen molar-refractivity contribution in [1.29, 1.82) is 0 Å². The smallest absolute Gasteiger partial charge is 0.313 e. The molecule has 0 saturated carbocycles. The number of benzene rings is 3. The molecule has 1 aliphatic heterocycles. The quantitative estimate of drug-likeness (QED) is 0.449. The van der Waals surface area contributed by atoms with Gasteiger partial charge in [0.1, 0.15) is 17.1 Å². The topological polar surface area (TPSA) is 55.8 Å². The van der Waals surface area contributed by atoms with Crippen LogP contribution < -0.4 is 4.74 Å². The summed E-state index contributed by atoms with van der Waals surface area (Å²) < 4.78 is 12.1. The van der Waals surface area contributed by atoms with E-state index in [1.165, 1.54) is 10.9 Å². The Labute approximate surface area is 196 Å². The lowest BCUT2D eigenvalue weighted by atomic mass is 9.86. The van der Waals surface area contributed by atoms with E-state index >= 15 is 0 Å². The molecule has 0 spiro atoms. The number of phenols is 1. The van der Waals surface area contributed by atoms with Gasteiger partial charge in [-0.25, -0.2) is 0 Å². The van der Waals surface area contributed by atoms with Gasteiger partial charge in [0, 0.05) is 12.0 Å². The van der Waals surface area contributed by atoms with E-state index in [2.05, 4.69) is 44.2 Å². The molecule has 0 aromatic heterocycles. The molecule has 0 fully saturated rings. The number of fused-ring (bicyclic) bond motifs is 2. The van der Waals surface area contributed by atoms with Gasteiger partial charge in [-0.2, -0.15) is 0 Å². The summed E-state index contributed by atoms with van der Waals surface area (Å²) in [6.07, 6.45) is 2.29. The van der Waals surface area contributed by atoms with Gasteiger partial charge < -0.3 is 14.6 Å². The number of ether oxygens (including phenoxy) is 2. The van der Waals surface area contributed by atoms with Gasteiger partial charge in [-0.1, -0.05) is 42.0 Å². The summed E-state index contributed by atoms with van der Waals surface area (Å²) in [4.78, 5) is 12.8. The van der Waals surface area contributed by atoms with Crippen molar-refractivity contribution in [3.63, 3.8) is 0 Å². The first-order valence-electron chi connectivity index (χ1n) is 11.8. The lowest BCUT2D eigenvalue weighted by molar-refractivity contribution is -0.146. The number of phenolic OH excluding ortho intramolecular Hbond substituents is 1. The minimum Gasteiger partial charge on any atom is -0.507 e. The Morgan fingerprint density at radius 2 is 1.76 bits per heavy atom. The fraction of sp³-hybridized carbons (Fsp3) is 0.414. The van der Waals surface area contributed by atoms with E-state index < -0.39 is 5.60 Å². The van der Waals surface area contributed by atoms with Gasteiger partial charge in [0.2, 0.25) is 0 Å².